The van der Waals surface area contributed by atoms with Gasteiger partial charge in [0.1, 0.15) is 0 Å². The van der Waals surface area contributed by atoms with Gasteiger partial charge in [-0.1, -0.05) is 12.1 Å². The number of anilines is 1. The molecule has 0 aliphatic heterocycles. The predicted molar refractivity (Wildman–Crippen MR) is 67.9 cm³/mol. The molecule has 3 heteroatoms. The Morgan fingerprint density at radius 1 is 1.33 bits per heavy atom. The molecule has 2 rings (SSSR count). The second-order valence-electron chi connectivity index (χ2n) is 4.30. The second kappa shape index (κ2) is 4.99. The quantitative estimate of drug-likeness (QED) is 0.885. The van der Waals surface area contributed by atoms with Gasteiger partial charge in [-0.3, -0.25) is 0 Å². The molecule has 1 aliphatic rings. The monoisotopic (exact) mass is 268 g/mol. The molecule has 3 N–H and O–H groups in total. The van der Waals surface area contributed by atoms with Crippen molar-refractivity contribution in [3.8, 4) is 0 Å². The molecule has 0 saturated heterocycles. The molecule has 1 aromatic carbocycles. The topological polar surface area (TPSA) is 38.0 Å². The van der Waals surface area contributed by atoms with Gasteiger partial charge in [-0.25, -0.2) is 0 Å². The fourth-order valence-electron chi connectivity index (χ4n) is 2.16. The first-order chi connectivity index (χ1) is 7.25. The van der Waals surface area contributed by atoms with Crippen LogP contribution in [0.4, 0.5) is 5.69 Å². The fraction of sp³-hybridized carbons (Fsp3) is 0.500. The molecule has 0 spiro atoms. The Morgan fingerprint density at radius 3 is 2.80 bits per heavy atom. The average molecular weight is 269 g/mol. The van der Waals surface area contributed by atoms with Crippen LogP contribution in [0.2, 0.25) is 0 Å². The predicted octanol–water partition coefficient (Wildman–Crippen LogP) is 2.99. The first-order valence-electron chi connectivity index (χ1n) is 5.49. The summed E-state index contributed by atoms with van der Waals surface area (Å²) < 4.78 is 1.13. The Morgan fingerprint density at radius 2 is 2.13 bits per heavy atom. The second-order valence-corrected chi connectivity index (χ2v) is 5.15. The number of para-hydroxylation sites is 1. The van der Waals surface area contributed by atoms with Crippen molar-refractivity contribution < 1.29 is 0 Å². The van der Waals surface area contributed by atoms with Crippen LogP contribution in [-0.4, -0.2) is 12.6 Å². The number of nitrogens with one attached hydrogen (secondary N) is 1. The maximum atomic E-state index is 5.89. The summed E-state index contributed by atoms with van der Waals surface area (Å²) in [5.74, 6) is 0.743. The van der Waals surface area contributed by atoms with Gasteiger partial charge in [-0.15, -0.1) is 0 Å². The molecular formula is C12H17BrN2. The van der Waals surface area contributed by atoms with Crippen LogP contribution in [0, 0.1) is 5.92 Å². The lowest BCUT2D eigenvalue weighted by molar-refractivity contribution is 0.565. The zero-order chi connectivity index (χ0) is 10.7. The zero-order valence-corrected chi connectivity index (χ0v) is 10.3. The molecule has 2 unspecified atom stereocenters. The molecule has 0 heterocycles. The Bertz CT molecular complexity index is 327. The van der Waals surface area contributed by atoms with E-state index in [1.165, 1.54) is 18.5 Å². The Labute approximate surface area is 99.4 Å². The molecule has 0 amide bonds. The van der Waals surface area contributed by atoms with Gasteiger partial charge in [0, 0.05) is 22.7 Å². The Hall–Kier alpha value is -0.540. The summed E-state index contributed by atoms with van der Waals surface area (Å²) in [6.45, 7) is 1.04. The molecule has 1 saturated carbocycles. The maximum absolute atomic E-state index is 5.89. The van der Waals surface area contributed by atoms with E-state index in [1.807, 2.05) is 12.1 Å². The molecular weight excluding hydrogens is 252 g/mol. The Balaban J connectivity index is 1.86. The van der Waals surface area contributed by atoms with Crippen molar-refractivity contribution in [3.63, 3.8) is 0 Å². The average Bonchev–Trinajstić information content (AvgIpc) is 2.63. The highest BCUT2D eigenvalue weighted by molar-refractivity contribution is 9.10. The highest BCUT2D eigenvalue weighted by Crippen LogP contribution is 2.26. The van der Waals surface area contributed by atoms with E-state index in [-0.39, 0.29) is 0 Å². The molecule has 2 nitrogen and oxygen atoms in total. The molecule has 0 bridgehead atoms. The van der Waals surface area contributed by atoms with Crippen LogP contribution in [0.1, 0.15) is 19.3 Å². The lowest BCUT2D eigenvalue weighted by Gasteiger charge is -2.13. The van der Waals surface area contributed by atoms with E-state index in [0.29, 0.717) is 6.04 Å². The van der Waals surface area contributed by atoms with Gasteiger partial charge in [0.05, 0.1) is 0 Å². The van der Waals surface area contributed by atoms with Crippen LogP contribution in [0.5, 0.6) is 0 Å². The zero-order valence-electron chi connectivity index (χ0n) is 8.75. The van der Waals surface area contributed by atoms with Crippen LogP contribution in [0.25, 0.3) is 0 Å². The SMILES string of the molecule is NC1CCC(CNc2ccccc2Br)C1. The lowest BCUT2D eigenvalue weighted by Crippen LogP contribution is -2.17. The molecule has 2 atom stereocenters. The van der Waals surface area contributed by atoms with Gasteiger partial charge in [0.15, 0.2) is 0 Å². The first kappa shape index (κ1) is 11.0. The lowest BCUT2D eigenvalue weighted by atomic mass is 10.1. The third-order valence-corrected chi connectivity index (χ3v) is 3.73. The molecule has 15 heavy (non-hydrogen) atoms. The minimum Gasteiger partial charge on any atom is -0.384 e. The van der Waals surface area contributed by atoms with E-state index in [0.717, 1.165) is 23.4 Å². The highest BCUT2D eigenvalue weighted by Gasteiger charge is 2.21. The van der Waals surface area contributed by atoms with Gasteiger partial charge in [-0.2, -0.15) is 0 Å². The van der Waals surface area contributed by atoms with Crippen molar-refractivity contribution >= 4 is 21.6 Å². The molecule has 1 aliphatic carbocycles. The fourth-order valence-corrected chi connectivity index (χ4v) is 2.58. The Kier molecular flexibility index (Phi) is 3.65. The molecule has 1 fully saturated rings. The van der Waals surface area contributed by atoms with Gasteiger partial charge < -0.3 is 11.1 Å². The van der Waals surface area contributed by atoms with Crippen molar-refractivity contribution in [2.24, 2.45) is 11.7 Å². The number of hydrogen-bond acceptors (Lipinski definition) is 2. The highest BCUT2D eigenvalue weighted by atomic mass is 79.9. The minimum absolute atomic E-state index is 0.427. The van der Waals surface area contributed by atoms with Crippen molar-refractivity contribution in [1.82, 2.24) is 0 Å². The third kappa shape index (κ3) is 2.95. The summed E-state index contributed by atoms with van der Waals surface area (Å²) in [6.07, 6.45) is 3.61. The van der Waals surface area contributed by atoms with E-state index in [2.05, 4.69) is 33.4 Å². The van der Waals surface area contributed by atoms with Crippen molar-refractivity contribution in [3.05, 3.63) is 28.7 Å². The molecule has 0 radical (unpaired) electrons. The molecule has 1 aromatic rings. The minimum atomic E-state index is 0.427. The summed E-state index contributed by atoms with van der Waals surface area (Å²) in [6, 6.07) is 8.66. The van der Waals surface area contributed by atoms with E-state index in [4.69, 9.17) is 5.73 Å². The van der Waals surface area contributed by atoms with Crippen LogP contribution < -0.4 is 11.1 Å². The van der Waals surface area contributed by atoms with Gasteiger partial charge in [-0.05, 0) is 53.2 Å². The normalized spacial score (nSPS) is 25.5. The molecule has 0 aromatic heterocycles. The number of nitrogens with two attached hydrogens (primary N) is 1. The van der Waals surface area contributed by atoms with Crippen molar-refractivity contribution in [2.45, 2.75) is 25.3 Å². The standard InChI is InChI=1S/C12H17BrN2/c13-11-3-1-2-4-12(11)15-8-9-5-6-10(14)7-9/h1-4,9-10,15H,5-8,14H2. The first-order valence-corrected chi connectivity index (χ1v) is 6.29. The third-order valence-electron chi connectivity index (χ3n) is 3.04. The molecule has 82 valence electrons. The van der Waals surface area contributed by atoms with E-state index in [9.17, 15) is 0 Å². The van der Waals surface area contributed by atoms with Crippen LogP contribution >= 0.6 is 15.9 Å². The number of hydrogen-bond donors (Lipinski definition) is 2. The number of halogens is 1. The summed E-state index contributed by atoms with van der Waals surface area (Å²) in [5.41, 5.74) is 7.07. The van der Waals surface area contributed by atoms with Crippen molar-refractivity contribution in [2.75, 3.05) is 11.9 Å². The summed E-state index contributed by atoms with van der Waals surface area (Å²) in [4.78, 5) is 0. The smallest absolute Gasteiger partial charge is 0.0484 e. The van der Waals surface area contributed by atoms with Crippen LogP contribution in [-0.2, 0) is 0 Å². The van der Waals surface area contributed by atoms with Crippen molar-refractivity contribution in [1.29, 1.82) is 0 Å². The summed E-state index contributed by atoms with van der Waals surface area (Å²) in [5, 5.41) is 3.47. The number of rotatable bonds is 3. The van der Waals surface area contributed by atoms with E-state index < -0.39 is 0 Å². The summed E-state index contributed by atoms with van der Waals surface area (Å²) in [7, 11) is 0. The number of benzene rings is 1. The van der Waals surface area contributed by atoms with Crippen LogP contribution in [0.3, 0.4) is 0 Å². The van der Waals surface area contributed by atoms with Gasteiger partial charge in [0.2, 0.25) is 0 Å². The summed E-state index contributed by atoms with van der Waals surface area (Å²) >= 11 is 3.53. The maximum Gasteiger partial charge on any atom is 0.0484 e. The van der Waals surface area contributed by atoms with Gasteiger partial charge >= 0.3 is 0 Å². The van der Waals surface area contributed by atoms with Gasteiger partial charge in [0.25, 0.3) is 0 Å². The largest absolute Gasteiger partial charge is 0.384 e. The van der Waals surface area contributed by atoms with E-state index >= 15 is 0 Å². The van der Waals surface area contributed by atoms with E-state index in [1.54, 1.807) is 0 Å². The van der Waals surface area contributed by atoms with Crippen LogP contribution in [0.15, 0.2) is 28.7 Å².